The molecule has 454 valence electrons. The summed E-state index contributed by atoms with van der Waals surface area (Å²) < 4.78 is 23.9. The zero-order chi connectivity index (χ0) is 56.3. The SMILES string of the molecule is CC/C=C\C/C=C\C/C=C\C/C=C\CCCCCCCCCCCCCCCCCCCCCCCCC(=O)NC(COP(=O)(O)OCC[N+](C)(C)C)C(O)CCCCCCCCCCCCCCCCCCCCCC. The van der Waals surface area contributed by atoms with Crippen LogP contribution in [0.25, 0.3) is 0 Å². The molecule has 0 bridgehead atoms. The highest BCUT2D eigenvalue weighted by atomic mass is 31.2. The van der Waals surface area contributed by atoms with Crippen molar-refractivity contribution in [2.75, 3.05) is 40.9 Å². The van der Waals surface area contributed by atoms with E-state index >= 15 is 0 Å². The number of carbonyl (C=O) groups excluding carboxylic acids is 1. The lowest BCUT2D eigenvalue weighted by molar-refractivity contribution is -0.870. The highest BCUT2D eigenvalue weighted by molar-refractivity contribution is 7.47. The van der Waals surface area contributed by atoms with Gasteiger partial charge in [0.2, 0.25) is 5.91 Å². The van der Waals surface area contributed by atoms with Gasteiger partial charge in [-0.3, -0.25) is 13.8 Å². The third-order valence-electron chi connectivity index (χ3n) is 15.3. The molecule has 3 atom stereocenters. The van der Waals surface area contributed by atoms with Gasteiger partial charge in [-0.2, -0.15) is 0 Å². The van der Waals surface area contributed by atoms with Crippen LogP contribution in [-0.4, -0.2) is 73.4 Å². The molecule has 9 heteroatoms. The minimum Gasteiger partial charge on any atom is -0.391 e. The van der Waals surface area contributed by atoms with Gasteiger partial charge in [-0.25, -0.2) is 4.57 Å². The number of allylic oxidation sites excluding steroid dienone is 8. The number of rotatable bonds is 62. The maximum atomic E-state index is 13.1. The van der Waals surface area contributed by atoms with Crippen molar-refractivity contribution in [1.29, 1.82) is 0 Å². The molecular formula is C68H132N2O6P+. The molecule has 8 nitrogen and oxygen atoms in total. The summed E-state index contributed by atoms with van der Waals surface area (Å²) in [4.78, 5) is 23.4. The van der Waals surface area contributed by atoms with Gasteiger partial charge in [0.1, 0.15) is 13.2 Å². The predicted molar refractivity (Wildman–Crippen MR) is 337 cm³/mol. The van der Waals surface area contributed by atoms with Gasteiger partial charge in [0.15, 0.2) is 0 Å². The van der Waals surface area contributed by atoms with Gasteiger partial charge < -0.3 is 19.8 Å². The number of likely N-dealkylation sites (N-methyl/N-ethyl adjacent to an activating group) is 1. The Balaban J connectivity index is 3.97. The van der Waals surface area contributed by atoms with E-state index in [1.807, 2.05) is 21.1 Å². The van der Waals surface area contributed by atoms with Gasteiger partial charge in [-0.15, -0.1) is 0 Å². The largest absolute Gasteiger partial charge is 0.472 e. The van der Waals surface area contributed by atoms with E-state index in [4.69, 9.17) is 9.05 Å². The number of aliphatic hydroxyl groups is 1. The molecule has 3 N–H and O–H groups in total. The van der Waals surface area contributed by atoms with Crippen LogP contribution >= 0.6 is 7.82 Å². The number of unbranched alkanes of at least 4 members (excludes halogenated alkanes) is 41. The lowest BCUT2D eigenvalue weighted by atomic mass is 10.0. The van der Waals surface area contributed by atoms with Crippen LogP contribution in [0.4, 0.5) is 0 Å². The number of nitrogens with zero attached hydrogens (tertiary/aromatic N) is 1. The van der Waals surface area contributed by atoms with Gasteiger partial charge in [0.05, 0.1) is 39.9 Å². The highest BCUT2D eigenvalue weighted by Crippen LogP contribution is 2.43. The Bertz CT molecular complexity index is 1390. The number of phosphoric ester groups is 1. The van der Waals surface area contributed by atoms with Gasteiger partial charge in [0, 0.05) is 6.42 Å². The fraction of sp³-hybridized carbons (Fsp3) is 0.868. The van der Waals surface area contributed by atoms with E-state index in [0.717, 1.165) is 64.2 Å². The van der Waals surface area contributed by atoms with Crippen molar-refractivity contribution < 1.29 is 32.9 Å². The first kappa shape index (κ1) is 75.5. The zero-order valence-electron chi connectivity index (χ0n) is 52.0. The summed E-state index contributed by atoms with van der Waals surface area (Å²) in [6.07, 6.45) is 79.2. The van der Waals surface area contributed by atoms with Crippen LogP contribution in [0.5, 0.6) is 0 Å². The molecule has 0 saturated carbocycles. The van der Waals surface area contributed by atoms with Crippen LogP contribution in [0.1, 0.15) is 328 Å². The van der Waals surface area contributed by atoms with Crippen LogP contribution in [0, 0.1) is 0 Å². The van der Waals surface area contributed by atoms with Crippen LogP contribution < -0.4 is 5.32 Å². The molecule has 0 aliphatic carbocycles. The summed E-state index contributed by atoms with van der Waals surface area (Å²) in [5.41, 5.74) is 0. The summed E-state index contributed by atoms with van der Waals surface area (Å²) in [6, 6.07) is -0.760. The van der Waals surface area contributed by atoms with Gasteiger partial charge in [-0.1, -0.05) is 319 Å². The first-order valence-corrected chi connectivity index (χ1v) is 35.0. The number of quaternary nitrogens is 1. The number of hydrogen-bond donors (Lipinski definition) is 3. The number of nitrogens with one attached hydrogen (secondary N) is 1. The second-order valence-corrected chi connectivity index (χ2v) is 25.6. The second kappa shape index (κ2) is 59.1. The average molecular weight is 1100 g/mol. The van der Waals surface area contributed by atoms with Gasteiger partial charge in [-0.05, 0) is 51.4 Å². The molecule has 1 amide bonds. The first-order valence-electron chi connectivity index (χ1n) is 33.5. The average Bonchev–Trinajstić information content (AvgIpc) is 3.39. The Morgan fingerprint density at radius 3 is 1.14 bits per heavy atom. The Labute approximate surface area is 479 Å². The lowest BCUT2D eigenvalue weighted by Gasteiger charge is -2.26. The molecule has 0 spiro atoms. The van der Waals surface area contributed by atoms with E-state index in [0.29, 0.717) is 23.9 Å². The standard InChI is InChI=1S/C68H131N2O6P/c1-6-8-10-12-14-16-18-20-22-24-26-28-29-30-31-32-33-34-35-36-37-38-39-40-41-42-44-46-48-50-52-54-56-58-60-62-68(72)69-66(65-76-77(73,74)75-64-63-70(3,4)5)67(71)61-59-57-55-53-51-49-47-45-43-27-25-23-21-19-17-15-13-11-9-7-2/h8,10,14,16,20,22,26,28,66-67,71H,6-7,9,11-13,15,17-19,21,23-25,27,29-65H2,1-5H3,(H-,69,72,73,74)/p+1/b10-8-,16-14-,22-20-,28-26-. The fourth-order valence-electron chi connectivity index (χ4n) is 10.2. The van der Waals surface area contributed by atoms with Crippen molar-refractivity contribution in [3.8, 4) is 0 Å². The van der Waals surface area contributed by atoms with Crippen molar-refractivity contribution in [2.24, 2.45) is 0 Å². The summed E-state index contributed by atoms with van der Waals surface area (Å²) >= 11 is 0. The van der Waals surface area contributed by atoms with E-state index in [2.05, 4.69) is 67.8 Å². The Hall–Kier alpha value is -1.54. The maximum Gasteiger partial charge on any atom is 0.472 e. The van der Waals surface area contributed by atoms with E-state index in [9.17, 15) is 19.4 Å². The fourth-order valence-corrected chi connectivity index (χ4v) is 10.9. The Morgan fingerprint density at radius 2 is 0.779 bits per heavy atom. The molecule has 0 fully saturated rings. The molecule has 0 rings (SSSR count). The zero-order valence-corrected chi connectivity index (χ0v) is 52.9. The van der Waals surface area contributed by atoms with Crippen molar-refractivity contribution >= 4 is 13.7 Å². The minimum absolute atomic E-state index is 0.0765. The van der Waals surface area contributed by atoms with Crippen LogP contribution in [-0.2, 0) is 18.4 Å². The van der Waals surface area contributed by atoms with Gasteiger partial charge in [0.25, 0.3) is 0 Å². The molecule has 3 unspecified atom stereocenters. The first-order chi connectivity index (χ1) is 37.5. The predicted octanol–water partition coefficient (Wildman–Crippen LogP) is 21.1. The smallest absolute Gasteiger partial charge is 0.391 e. The van der Waals surface area contributed by atoms with Crippen LogP contribution in [0.2, 0.25) is 0 Å². The molecule has 0 aliphatic heterocycles. The summed E-state index contributed by atoms with van der Waals surface area (Å²) in [6.45, 7) is 4.82. The highest BCUT2D eigenvalue weighted by Gasteiger charge is 2.28. The molecule has 0 aliphatic rings. The molecular weight excluding hydrogens is 972 g/mol. The van der Waals surface area contributed by atoms with E-state index < -0.39 is 20.0 Å². The van der Waals surface area contributed by atoms with Crippen molar-refractivity contribution in [2.45, 2.75) is 341 Å². The lowest BCUT2D eigenvalue weighted by Crippen LogP contribution is -2.46. The van der Waals surface area contributed by atoms with Gasteiger partial charge >= 0.3 is 7.82 Å². The third-order valence-corrected chi connectivity index (χ3v) is 16.3. The number of hydrogen-bond acceptors (Lipinski definition) is 5. The number of aliphatic hydroxyl groups excluding tert-OH is 1. The van der Waals surface area contributed by atoms with E-state index in [1.165, 1.54) is 238 Å². The Morgan fingerprint density at radius 1 is 0.455 bits per heavy atom. The van der Waals surface area contributed by atoms with Crippen molar-refractivity contribution in [3.05, 3.63) is 48.6 Å². The minimum atomic E-state index is -4.33. The topological polar surface area (TPSA) is 105 Å². The normalized spacial score (nSPS) is 14.0. The van der Waals surface area contributed by atoms with Crippen molar-refractivity contribution in [3.63, 3.8) is 0 Å². The molecule has 77 heavy (non-hydrogen) atoms. The molecule has 0 radical (unpaired) electrons. The molecule has 0 saturated heterocycles. The van der Waals surface area contributed by atoms with E-state index in [-0.39, 0.29) is 19.1 Å². The summed E-state index contributed by atoms with van der Waals surface area (Å²) in [5.74, 6) is -0.138. The Kier molecular flexibility index (Phi) is 57.9. The third kappa shape index (κ3) is 61.9. The molecule has 0 heterocycles. The molecule has 0 aromatic carbocycles. The monoisotopic (exact) mass is 1100 g/mol. The van der Waals surface area contributed by atoms with E-state index in [1.54, 1.807) is 0 Å². The maximum absolute atomic E-state index is 13.1. The summed E-state index contributed by atoms with van der Waals surface area (Å²) in [5, 5.41) is 14.1. The number of carbonyl (C=O) groups is 1. The molecule has 0 aromatic heterocycles. The van der Waals surface area contributed by atoms with Crippen molar-refractivity contribution in [1.82, 2.24) is 5.32 Å². The molecule has 0 aromatic rings. The summed E-state index contributed by atoms with van der Waals surface area (Å²) in [7, 11) is 1.63. The van der Waals surface area contributed by atoms with Crippen LogP contribution in [0.3, 0.4) is 0 Å². The quantitative estimate of drug-likeness (QED) is 0.0243. The number of phosphoric acid groups is 1. The van der Waals surface area contributed by atoms with Crippen LogP contribution in [0.15, 0.2) is 48.6 Å². The second-order valence-electron chi connectivity index (χ2n) is 24.2. The number of amides is 1.